The Hall–Kier alpha value is -2.09. The van der Waals surface area contributed by atoms with Crippen LogP contribution in [0.2, 0.25) is 0 Å². The van der Waals surface area contributed by atoms with Crippen molar-refractivity contribution < 1.29 is 0 Å². The summed E-state index contributed by atoms with van der Waals surface area (Å²) in [5, 5.41) is 7.05. The van der Waals surface area contributed by atoms with Gasteiger partial charge in [0.25, 0.3) is 0 Å². The van der Waals surface area contributed by atoms with Gasteiger partial charge in [-0.15, -0.1) is 0 Å². The van der Waals surface area contributed by atoms with E-state index in [4.69, 9.17) is 5.10 Å². The average Bonchev–Trinajstić information content (AvgIpc) is 2.53. The summed E-state index contributed by atoms with van der Waals surface area (Å²) in [6.45, 7) is 3.21. The molecule has 0 N–H and O–H groups in total. The zero-order chi connectivity index (χ0) is 13.8. The minimum Gasteiger partial charge on any atom is -0.265 e. The molecule has 0 atom stereocenters. The van der Waals surface area contributed by atoms with Crippen molar-refractivity contribution in [3.63, 3.8) is 0 Å². The van der Waals surface area contributed by atoms with E-state index in [0.29, 0.717) is 0 Å². The lowest BCUT2D eigenvalue weighted by molar-refractivity contribution is 0.731. The van der Waals surface area contributed by atoms with E-state index in [1.165, 1.54) is 35.4 Å². The third kappa shape index (κ3) is 2.60. The van der Waals surface area contributed by atoms with Crippen LogP contribution in [0, 0.1) is 0 Å². The summed E-state index contributed by atoms with van der Waals surface area (Å²) >= 11 is 0. The highest BCUT2D eigenvalue weighted by Gasteiger charge is 2.19. The van der Waals surface area contributed by atoms with Crippen molar-refractivity contribution in [1.29, 1.82) is 0 Å². The van der Waals surface area contributed by atoms with E-state index in [0.717, 1.165) is 13.0 Å². The van der Waals surface area contributed by atoms with Crippen LogP contribution in [-0.4, -0.2) is 12.3 Å². The molecule has 0 aromatic heterocycles. The molecule has 0 saturated carbocycles. The minimum absolute atomic E-state index is 0.919. The number of hydrogen-bond acceptors (Lipinski definition) is 2. The average molecular weight is 264 g/mol. The molecule has 2 aromatic carbocycles. The molecule has 20 heavy (non-hydrogen) atoms. The van der Waals surface area contributed by atoms with Crippen molar-refractivity contribution in [2.75, 3.05) is 11.6 Å². The third-order valence-electron chi connectivity index (χ3n) is 3.70. The summed E-state index contributed by atoms with van der Waals surface area (Å²) in [6.07, 6.45) is 3.28. The number of fused-ring (bicyclic) bond motifs is 1. The zero-order valence-corrected chi connectivity index (χ0v) is 11.9. The fourth-order valence-electron chi connectivity index (χ4n) is 2.60. The fraction of sp³-hybridized carbons (Fsp3) is 0.278. The standard InChI is InChI=1S/C18H20N2/c1-2-3-13-20-18-12-8-7-11-16(18)14-17(19-20)15-9-5-4-6-10-15/h4-12H,2-3,13-14H2,1H3. The smallest absolute Gasteiger partial charge is 0.0726 e. The van der Waals surface area contributed by atoms with Crippen molar-refractivity contribution in [1.82, 2.24) is 0 Å². The van der Waals surface area contributed by atoms with Gasteiger partial charge in [0, 0.05) is 13.0 Å². The van der Waals surface area contributed by atoms with Gasteiger partial charge in [0.2, 0.25) is 0 Å². The number of anilines is 1. The van der Waals surface area contributed by atoms with Gasteiger partial charge in [-0.3, -0.25) is 5.01 Å². The molecular formula is C18H20N2. The van der Waals surface area contributed by atoms with Gasteiger partial charge in [-0.05, 0) is 23.6 Å². The summed E-state index contributed by atoms with van der Waals surface area (Å²) < 4.78 is 0. The van der Waals surface area contributed by atoms with E-state index >= 15 is 0 Å². The summed E-state index contributed by atoms with van der Waals surface area (Å²) in [6, 6.07) is 19.1. The summed E-state index contributed by atoms with van der Waals surface area (Å²) in [5.41, 5.74) is 5.03. The summed E-state index contributed by atoms with van der Waals surface area (Å²) in [4.78, 5) is 0. The molecule has 0 amide bonds. The number of para-hydroxylation sites is 1. The van der Waals surface area contributed by atoms with Crippen LogP contribution in [0.15, 0.2) is 59.7 Å². The molecule has 1 aliphatic rings. The molecule has 0 fully saturated rings. The molecule has 1 aliphatic heterocycles. The molecule has 0 bridgehead atoms. The Morgan fingerprint density at radius 2 is 1.75 bits per heavy atom. The monoisotopic (exact) mass is 264 g/mol. The lowest BCUT2D eigenvalue weighted by Gasteiger charge is -2.28. The Balaban J connectivity index is 1.96. The third-order valence-corrected chi connectivity index (χ3v) is 3.70. The second-order valence-electron chi connectivity index (χ2n) is 5.19. The van der Waals surface area contributed by atoms with Crippen molar-refractivity contribution in [2.24, 2.45) is 5.10 Å². The highest BCUT2D eigenvalue weighted by Crippen LogP contribution is 2.27. The van der Waals surface area contributed by atoms with Crippen LogP contribution in [0.1, 0.15) is 30.9 Å². The van der Waals surface area contributed by atoms with Crippen LogP contribution < -0.4 is 5.01 Å². The predicted octanol–water partition coefficient (Wildman–Crippen LogP) is 4.25. The molecule has 0 saturated heterocycles. The van der Waals surface area contributed by atoms with E-state index in [-0.39, 0.29) is 0 Å². The first-order chi connectivity index (χ1) is 9.88. The van der Waals surface area contributed by atoms with Gasteiger partial charge >= 0.3 is 0 Å². The van der Waals surface area contributed by atoms with Gasteiger partial charge in [-0.1, -0.05) is 61.9 Å². The molecule has 1 heterocycles. The lowest BCUT2D eigenvalue weighted by Crippen LogP contribution is -2.27. The van der Waals surface area contributed by atoms with Crippen LogP contribution in [0.25, 0.3) is 0 Å². The van der Waals surface area contributed by atoms with Crippen molar-refractivity contribution >= 4 is 11.4 Å². The van der Waals surface area contributed by atoms with E-state index < -0.39 is 0 Å². The van der Waals surface area contributed by atoms with Gasteiger partial charge in [0.1, 0.15) is 0 Å². The Bertz CT molecular complexity index is 602. The van der Waals surface area contributed by atoms with Gasteiger partial charge in [-0.25, -0.2) is 0 Å². The van der Waals surface area contributed by atoms with Gasteiger partial charge in [-0.2, -0.15) is 5.10 Å². The first kappa shape index (κ1) is 12.9. The number of nitrogens with zero attached hydrogens (tertiary/aromatic N) is 2. The molecule has 0 unspecified atom stereocenters. The molecule has 2 nitrogen and oxygen atoms in total. The summed E-state index contributed by atoms with van der Waals surface area (Å²) in [7, 11) is 0. The first-order valence-corrected chi connectivity index (χ1v) is 7.37. The Labute approximate surface area is 120 Å². The molecule has 2 aromatic rings. The quantitative estimate of drug-likeness (QED) is 0.806. The minimum atomic E-state index is 0.919. The van der Waals surface area contributed by atoms with E-state index in [9.17, 15) is 0 Å². The first-order valence-electron chi connectivity index (χ1n) is 7.37. The Kier molecular flexibility index (Phi) is 3.82. The Morgan fingerprint density at radius 3 is 2.55 bits per heavy atom. The predicted molar refractivity (Wildman–Crippen MR) is 85.4 cm³/mol. The molecule has 0 radical (unpaired) electrons. The Morgan fingerprint density at radius 1 is 1.00 bits per heavy atom. The second-order valence-corrected chi connectivity index (χ2v) is 5.19. The maximum absolute atomic E-state index is 4.88. The lowest BCUT2D eigenvalue weighted by atomic mass is 9.99. The van der Waals surface area contributed by atoms with Crippen LogP contribution in [0.5, 0.6) is 0 Å². The number of benzene rings is 2. The molecular weight excluding hydrogens is 244 g/mol. The number of unbranched alkanes of at least 4 members (excludes halogenated alkanes) is 1. The fourth-order valence-corrected chi connectivity index (χ4v) is 2.60. The van der Waals surface area contributed by atoms with Gasteiger partial charge < -0.3 is 0 Å². The topological polar surface area (TPSA) is 15.6 Å². The van der Waals surface area contributed by atoms with Crippen LogP contribution in [-0.2, 0) is 6.42 Å². The van der Waals surface area contributed by atoms with Gasteiger partial charge in [0.15, 0.2) is 0 Å². The highest BCUT2D eigenvalue weighted by atomic mass is 15.5. The highest BCUT2D eigenvalue weighted by molar-refractivity contribution is 6.04. The number of hydrogen-bond donors (Lipinski definition) is 0. The van der Waals surface area contributed by atoms with Gasteiger partial charge in [0.05, 0.1) is 11.4 Å². The molecule has 0 spiro atoms. The van der Waals surface area contributed by atoms with Crippen LogP contribution in [0.3, 0.4) is 0 Å². The van der Waals surface area contributed by atoms with E-state index in [2.05, 4.69) is 66.5 Å². The molecule has 3 rings (SSSR count). The second kappa shape index (κ2) is 5.91. The van der Waals surface area contributed by atoms with Crippen molar-refractivity contribution in [3.8, 4) is 0 Å². The largest absolute Gasteiger partial charge is 0.265 e. The van der Waals surface area contributed by atoms with E-state index in [1.807, 2.05) is 0 Å². The normalized spacial score (nSPS) is 13.8. The van der Waals surface area contributed by atoms with Crippen LogP contribution >= 0.6 is 0 Å². The zero-order valence-electron chi connectivity index (χ0n) is 11.9. The maximum Gasteiger partial charge on any atom is 0.0726 e. The maximum atomic E-state index is 4.88. The van der Waals surface area contributed by atoms with Crippen molar-refractivity contribution in [3.05, 3.63) is 65.7 Å². The SMILES string of the molecule is CCCCN1N=C(c2ccccc2)Cc2ccccc21. The van der Waals surface area contributed by atoms with Crippen LogP contribution in [0.4, 0.5) is 5.69 Å². The van der Waals surface area contributed by atoms with Crippen molar-refractivity contribution in [2.45, 2.75) is 26.2 Å². The van der Waals surface area contributed by atoms with E-state index in [1.54, 1.807) is 0 Å². The molecule has 102 valence electrons. The summed E-state index contributed by atoms with van der Waals surface area (Å²) in [5.74, 6) is 0. The number of rotatable bonds is 4. The molecule has 0 aliphatic carbocycles. The molecule has 2 heteroatoms. The number of hydrazone groups is 1.